The van der Waals surface area contributed by atoms with Gasteiger partial charge in [-0.25, -0.2) is 8.42 Å². The van der Waals surface area contributed by atoms with Gasteiger partial charge >= 0.3 is 0 Å². The molecule has 2 aliphatic heterocycles. The third-order valence-electron chi connectivity index (χ3n) is 4.55. The van der Waals surface area contributed by atoms with Gasteiger partial charge < -0.3 is 9.64 Å². The molecular formula is C19H16BrClN2O4S2. The van der Waals surface area contributed by atoms with Crippen LogP contribution < -0.4 is 9.64 Å². The number of amides is 1. The summed E-state index contributed by atoms with van der Waals surface area (Å²) in [6, 6.07) is 14.0. The molecule has 2 heterocycles. The Hall–Kier alpha value is -1.55. The highest BCUT2D eigenvalue weighted by molar-refractivity contribution is 9.10. The third-order valence-corrected chi connectivity index (χ3v) is 8.50. The predicted molar refractivity (Wildman–Crippen MR) is 120 cm³/mol. The first-order valence-corrected chi connectivity index (χ1v) is 12.6. The van der Waals surface area contributed by atoms with E-state index in [1.807, 2.05) is 29.2 Å². The van der Waals surface area contributed by atoms with Crippen LogP contribution in [0.3, 0.4) is 0 Å². The minimum absolute atomic E-state index is 0.0473. The SMILES string of the molecule is O=C(COc1ccc(Cl)cc1)N=C1S[C@H]2CS(=O)(=O)C[C@@H]2N1c1cccc(Br)c1. The fraction of sp³-hybridized carbons (Fsp3) is 0.263. The molecule has 0 saturated carbocycles. The van der Waals surface area contributed by atoms with E-state index in [-0.39, 0.29) is 29.4 Å². The summed E-state index contributed by atoms with van der Waals surface area (Å²) >= 11 is 10.6. The Balaban J connectivity index is 1.56. The summed E-state index contributed by atoms with van der Waals surface area (Å²) in [4.78, 5) is 18.5. The number of carbonyl (C=O) groups excluding carboxylic acids is 1. The summed E-state index contributed by atoms with van der Waals surface area (Å²) in [5.74, 6) is 0.214. The van der Waals surface area contributed by atoms with Crippen LogP contribution in [0, 0.1) is 0 Å². The second-order valence-electron chi connectivity index (χ2n) is 6.68. The molecule has 4 rings (SSSR count). The molecule has 2 aromatic rings. The number of fused-ring (bicyclic) bond motifs is 1. The number of hydrogen-bond acceptors (Lipinski definition) is 5. The summed E-state index contributed by atoms with van der Waals surface area (Å²) in [5, 5.41) is 0.929. The van der Waals surface area contributed by atoms with E-state index in [1.165, 1.54) is 11.8 Å². The van der Waals surface area contributed by atoms with Gasteiger partial charge in [0.05, 0.1) is 17.5 Å². The molecule has 0 bridgehead atoms. The second kappa shape index (κ2) is 8.29. The zero-order chi connectivity index (χ0) is 20.6. The van der Waals surface area contributed by atoms with Crippen molar-refractivity contribution >= 4 is 65.9 Å². The van der Waals surface area contributed by atoms with E-state index >= 15 is 0 Å². The summed E-state index contributed by atoms with van der Waals surface area (Å²) in [6.45, 7) is -0.217. The van der Waals surface area contributed by atoms with Gasteiger partial charge in [-0.3, -0.25) is 4.79 Å². The van der Waals surface area contributed by atoms with Gasteiger partial charge in [0.2, 0.25) is 0 Å². The minimum atomic E-state index is -3.11. The molecule has 10 heteroatoms. The summed E-state index contributed by atoms with van der Waals surface area (Å²) in [6.07, 6.45) is 0. The summed E-state index contributed by atoms with van der Waals surface area (Å²) in [7, 11) is -3.11. The Bertz CT molecular complexity index is 1080. The topological polar surface area (TPSA) is 76.0 Å². The number of rotatable bonds is 4. The Labute approximate surface area is 186 Å². The van der Waals surface area contributed by atoms with Gasteiger partial charge in [0, 0.05) is 20.4 Å². The van der Waals surface area contributed by atoms with Crippen LogP contribution in [0.15, 0.2) is 58.0 Å². The van der Waals surface area contributed by atoms with Crippen LogP contribution in [-0.4, -0.2) is 48.9 Å². The van der Waals surface area contributed by atoms with Crippen molar-refractivity contribution in [1.29, 1.82) is 0 Å². The normalized spacial score (nSPS) is 23.9. The van der Waals surface area contributed by atoms with Crippen molar-refractivity contribution < 1.29 is 17.9 Å². The molecule has 152 valence electrons. The highest BCUT2D eigenvalue weighted by Crippen LogP contribution is 2.41. The molecule has 2 atom stereocenters. The summed E-state index contributed by atoms with van der Waals surface area (Å²) < 4.78 is 30.6. The van der Waals surface area contributed by atoms with Crippen LogP contribution in [0.2, 0.25) is 5.02 Å². The third kappa shape index (κ3) is 4.79. The van der Waals surface area contributed by atoms with Crippen LogP contribution in [0.4, 0.5) is 5.69 Å². The van der Waals surface area contributed by atoms with Gasteiger partial charge in [-0.2, -0.15) is 4.99 Å². The molecule has 2 fully saturated rings. The van der Waals surface area contributed by atoms with Crippen molar-refractivity contribution in [3.05, 3.63) is 58.0 Å². The van der Waals surface area contributed by atoms with Crippen LogP contribution >= 0.6 is 39.3 Å². The molecule has 0 radical (unpaired) electrons. The Morgan fingerprint density at radius 2 is 2.00 bits per heavy atom. The van der Waals surface area contributed by atoms with E-state index < -0.39 is 15.7 Å². The first-order chi connectivity index (χ1) is 13.8. The number of sulfone groups is 1. The van der Waals surface area contributed by atoms with Crippen molar-refractivity contribution in [2.45, 2.75) is 11.3 Å². The maximum Gasteiger partial charge on any atom is 0.285 e. The van der Waals surface area contributed by atoms with E-state index in [0.717, 1.165) is 10.2 Å². The number of hydrogen-bond donors (Lipinski definition) is 0. The first kappa shape index (κ1) is 20.7. The van der Waals surface area contributed by atoms with E-state index in [1.54, 1.807) is 24.3 Å². The molecule has 0 unspecified atom stereocenters. The van der Waals surface area contributed by atoms with Crippen molar-refractivity contribution in [2.24, 2.45) is 4.99 Å². The highest BCUT2D eigenvalue weighted by atomic mass is 79.9. The van der Waals surface area contributed by atoms with Gasteiger partial charge in [0.1, 0.15) is 5.75 Å². The number of benzene rings is 2. The smallest absolute Gasteiger partial charge is 0.285 e. The zero-order valence-electron chi connectivity index (χ0n) is 15.0. The molecule has 2 saturated heterocycles. The van der Waals surface area contributed by atoms with Crippen molar-refractivity contribution in [3.8, 4) is 5.75 Å². The number of ether oxygens (including phenoxy) is 1. The fourth-order valence-corrected chi connectivity index (χ4v) is 7.75. The number of halogens is 2. The molecule has 2 aliphatic rings. The molecule has 0 aromatic heterocycles. The average molecular weight is 516 g/mol. The molecule has 1 amide bonds. The number of aliphatic imine (C=N–C) groups is 1. The van der Waals surface area contributed by atoms with Crippen molar-refractivity contribution in [1.82, 2.24) is 0 Å². The number of amidine groups is 1. The lowest BCUT2D eigenvalue weighted by Gasteiger charge is -2.24. The molecule has 0 aliphatic carbocycles. The van der Waals surface area contributed by atoms with E-state index in [0.29, 0.717) is 15.9 Å². The Morgan fingerprint density at radius 3 is 2.72 bits per heavy atom. The van der Waals surface area contributed by atoms with Crippen molar-refractivity contribution in [3.63, 3.8) is 0 Å². The lowest BCUT2D eigenvalue weighted by atomic mass is 10.2. The number of anilines is 1. The fourth-order valence-electron chi connectivity index (χ4n) is 3.31. The number of thioether (sulfide) groups is 1. The van der Waals surface area contributed by atoms with E-state index in [9.17, 15) is 13.2 Å². The van der Waals surface area contributed by atoms with Gasteiger partial charge in [-0.15, -0.1) is 0 Å². The van der Waals surface area contributed by atoms with Gasteiger partial charge in [-0.1, -0.05) is 45.4 Å². The molecule has 0 N–H and O–H groups in total. The monoisotopic (exact) mass is 514 g/mol. The van der Waals surface area contributed by atoms with Gasteiger partial charge in [-0.05, 0) is 42.5 Å². The maximum absolute atomic E-state index is 12.4. The van der Waals surface area contributed by atoms with Crippen molar-refractivity contribution in [2.75, 3.05) is 23.0 Å². The molecule has 29 heavy (non-hydrogen) atoms. The maximum atomic E-state index is 12.4. The van der Waals surface area contributed by atoms with Crippen LogP contribution in [-0.2, 0) is 14.6 Å². The quantitative estimate of drug-likeness (QED) is 0.617. The summed E-state index contributed by atoms with van der Waals surface area (Å²) in [5.41, 5.74) is 0.793. The minimum Gasteiger partial charge on any atom is -0.484 e. The standard InChI is InChI=1S/C19H16BrClN2O4S2/c20-12-2-1-3-14(8-12)23-16-10-29(25,26)11-17(16)28-19(23)22-18(24)9-27-15-6-4-13(21)5-7-15/h1-8,16-17H,9-11H2/t16-,17-/m0/s1. The first-order valence-electron chi connectivity index (χ1n) is 8.72. The molecular weight excluding hydrogens is 500 g/mol. The molecule has 6 nitrogen and oxygen atoms in total. The van der Waals surface area contributed by atoms with Crippen LogP contribution in [0.5, 0.6) is 5.75 Å². The number of carbonyl (C=O) groups is 1. The molecule has 2 aromatic carbocycles. The Kier molecular flexibility index (Phi) is 5.92. The largest absolute Gasteiger partial charge is 0.484 e. The molecule has 0 spiro atoms. The lowest BCUT2D eigenvalue weighted by molar-refractivity contribution is -0.119. The highest BCUT2D eigenvalue weighted by Gasteiger charge is 2.49. The number of nitrogens with zero attached hydrogens (tertiary/aromatic N) is 2. The Morgan fingerprint density at radius 1 is 1.24 bits per heavy atom. The van der Waals surface area contributed by atoms with Gasteiger partial charge in [0.25, 0.3) is 5.91 Å². The van der Waals surface area contributed by atoms with Crippen LogP contribution in [0.25, 0.3) is 0 Å². The van der Waals surface area contributed by atoms with E-state index in [2.05, 4.69) is 20.9 Å². The predicted octanol–water partition coefficient (Wildman–Crippen LogP) is 3.78. The van der Waals surface area contributed by atoms with Crippen LogP contribution in [0.1, 0.15) is 0 Å². The average Bonchev–Trinajstić information content (AvgIpc) is 3.12. The van der Waals surface area contributed by atoms with Gasteiger partial charge in [0.15, 0.2) is 21.6 Å². The zero-order valence-corrected chi connectivity index (χ0v) is 19.0. The van der Waals surface area contributed by atoms with E-state index in [4.69, 9.17) is 16.3 Å². The second-order valence-corrected chi connectivity index (χ2v) is 11.4. The lowest BCUT2D eigenvalue weighted by Crippen LogP contribution is -2.37.